The lowest BCUT2D eigenvalue weighted by molar-refractivity contribution is 0.0905. The first-order valence-corrected chi connectivity index (χ1v) is 6.85. The molecule has 0 aliphatic carbocycles. The molecule has 0 saturated carbocycles. The van der Waals surface area contributed by atoms with Crippen molar-refractivity contribution >= 4 is 11.6 Å². The number of carbonyl (C=O) groups is 1. The number of amides is 1. The maximum absolute atomic E-state index is 12.1. The summed E-state index contributed by atoms with van der Waals surface area (Å²) in [6.45, 7) is 11.3. The van der Waals surface area contributed by atoms with Gasteiger partial charge in [-0.05, 0) is 30.9 Å². The first kappa shape index (κ1) is 15.5. The predicted molar refractivity (Wildman–Crippen MR) is 79.4 cm³/mol. The zero-order valence-electron chi connectivity index (χ0n) is 12.6. The highest BCUT2D eigenvalue weighted by Gasteiger charge is 2.22. The standard InChI is InChI=1S/C15H25N3O/c1-6-8-16-12-7-9-17-13(10-12)14(19)18-11(2)15(3,4)5/h7,9-11H,6,8H2,1-5H3,(H,16,17)(H,18,19). The SMILES string of the molecule is CCCNc1ccnc(C(=O)NC(C)C(C)(C)C)c1. The lowest BCUT2D eigenvalue weighted by Gasteiger charge is -2.27. The second kappa shape index (κ2) is 6.55. The van der Waals surface area contributed by atoms with Crippen molar-refractivity contribution in [2.75, 3.05) is 11.9 Å². The minimum Gasteiger partial charge on any atom is -0.385 e. The predicted octanol–water partition coefficient (Wildman–Crippen LogP) is 3.07. The van der Waals surface area contributed by atoms with E-state index in [1.807, 2.05) is 13.0 Å². The van der Waals surface area contributed by atoms with Gasteiger partial charge in [0, 0.05) is 24.5 Å². The van der Waals surface area contributed by atoms with Gasteiger partial charge in [0.1, 0.15) is 5.69 Å². The number of hydrogen-bond acceptors (Lipinski definition) is 3. The Morgan fingerprint density at radius 3 is 2.68 bits per heavy atom. The Balaban J connectivity index is 2.72. The van der Waals surface area contributed by atoms with E-state index in [0.29, 0.717) is 5.69 Å². The van der Waals surface area contributed by atoms with Crippen LogP contribution in [0.5, 0.6) is 0 Å². The molecule has 106 valence electrons. The van der Waals surface area contributed by atoms with Crippen LogP contribution in [0, 0.1) is 5.41 Å². The fourth-order valence-corrected chi connectivity index (χ4v) is 1.42. The minimum absolute atomic E-state index is 0.0354. The molecule has 4 heteroatoms. The fraction of sp³-hybridized carbons (Fsp3) is 0.600. The van der Waals surface area contributed by atoms with Gasteiger partial charge < -0.3 is 10.6 Å². The van der Waals surface area contributed by atoms with E-state index in [4.69, 9.17) is 0 Å². The Bertz CT molecular complexity index is 424. The van der Waals surface area contributed by atoms with Gasteiger partial charge >= 0.3 is 0 Å². The average Bonchev–Trinajstić information content (AvgIpc) is 2.35. The number of pyridine rings is 1. The molecule has 0 radical (unpaired) electrons. The smallest absolute Gasteiger partial charge is 0.270 e. The summed E-state index contributed by atoms with van der Waals surface area (Å²) < 4.78 is 0. The van der Waals surface area contributed by atoms with E-state index in [1.165, 1.54) is 0 Å². The zero-order valence-corrected chi connectivity index (χ0v) is 12.6. The molecular formula is C15H25N3O. The lowest BCUT2D eigenvalue weighted by Crippen LogP contribution is -2.41. The van der Waals surface area contributed by atoms with Gasteiger partial charge in [-0.2, -0.15) is 0 Å². The second-order valence-electron chi connectivity index (χ2n) is 5.92. The van der Waals surface area contributed by atoms with Crippen LogP contribution < -0.4 is 10.6 Å². The van der Waals surface area contributed by atoms with Gasteiger partial charge in [0.2, 0.25) is 0 Å². The number of anilines is 1. The number of hydrogen-bond donors (Lipinski definition) is 2. The van der Waals surface area contributed by atoms with Gasteiger partial charge in [0.05, 0.1) is 0 Å². The largest absolute Gasteiger partial charge is 0.385 e. The molecular weight excluding hydrogens is 238 g/mol. The molecule has 0 bridgehead atoms. The zero-order chi connectivity index (χ0) is 14.5. The van der Waals surface area contributed by atoms with Crippen molar-refractivity contribution < 1.29 is 4.79 Å². The van der Waals surface area contributed by atoms with Crippen LogP contribution in [0.15, 0.2) is 18.3 Å². The average molecular weight is 263 g/mol. The molecule has 4 nitrogen and oxygen atoms in total. The Hall–Kier alpha value is -1.58. The number of nitrogens with zero attached hydrogens (tertiary/aromatic N) is 1. The van der Waals surface area contributed by atoms with Crippen LogP contribution in [-0.4, -0.2) is 23.5 Å². The van der Waals surface area contributed by atoms with Crippen LogP contribution in [0.3, 0.4) is 0 Å². The molecule has 2 N–H and O–H groups in total. The Labute approximate surface area is 116 Å². The van der Waals surface area contributed by atoms with E-state index in [9.17, 15) is 4.79 Å². The molecule has 0 aliphatic heterocycles. The maximum atomic E-state index is 12.1. The topological polar surface area (TPSA) is 54.0 Å². The Kier molecular flexibility index (Phi) is 5.33. The molecule has 0 fully saturated rings. The summed E-state index contributed by atoms with van der Waals surface area (Å²) in [5.41, 5.74) is 1.43. The van der Waals surface area contributed by atoms with Gasteiger partial charge in [-0.1, -0.05) is 27.7 Å². The molecule has 1 unspecified atom stereocenters. The summed E-state index contributed by atoms with van der Waals surface area (Å²) >= 11 is 0. The van der Waals surface area contributed by atoms with E-state index in [0.717, 1.165) is 18.7 Å². The van der Waals surface area contributed by atoms with Gasteiger partial charge in [0.15, 0.2) is 0 Å². The van der Waals surface area contributed by atoms with Gasteiger partial charge in [0.25, 0.3) is 5.91 Å². The monoisotopic (exact) mass is 263 g/mol. The van der Waals surface area contributed by atoms with Crippen molar-refractivity contribution in [1.82, 2.24) is 10.3 Å². The quantitative estimate of drug-likeness (QED) is 0.858. The Morgan fingerprint density at radius 1 is 1.42 bits per heavy atom. The molecule has 1 amide bonds. The van der Waals surface area contributed by atoms with Crippen LogP contribution in [0.1, 0.15) is 51.5 Å². The van der Waals surface area contributed by atoms with Crippen molar-refractivity contribution in [1.29, 1.82) is 0 Å². The summed E-state index contributed by atoms with van der Waals surface area (Å²) in [5, 5.41) is 6.24. The van der Waals surface area contributed by atoms with Crippen LogP contribution in [0.25, 0.3) is 0 Å². The molecule has 1 rings (SSSR count). The third-order valence-corrected chi connectivity index (χ3v) is 3.22. The van der Waals surface area contributed by atoms with E-state index in [2.05, 4.69) is 43.3 Å². The molecule has 1 aromatic rings. The van der Waals surface area contributed by atoms with E-state index in [-0.39, 0.29) is 17.4 Å². The first-order chi connectivity index (χ1) is 8.84. The molecule has 0 spiro atoms. The maximum Gasteiger partial charge on any atom is 0.270 e. The first-order valence-electron chi connectivity index (χ1n) is 6.85. The van der Waals surface area contributed by atoms with Gasteiger partial charge in [-0.25, -0.2) is 0 Å². The van der Waals surface area contributed by atoms with Gasteiger partial charge in [-0.3, -0.25) is 9.78 Å². The second-order valence-corrected chi connectivity index (χ2v) is 5.92. The summed E-state index contributed by atoms with van der Waals surface area (Å²) in [6.07, 6.45) is 2.71. The number of aromatic nitrogens is 1. The van der Waals surface area contributed by atoms with Crippen LogP contribution >= 0.6 is 0 Å². The fourth-order valence-electron chi connectivity index (χ4n) is 1.42. The van der Waals surface area contributed by atoms with Crippen LogP contribution in [0.4, 0.5) is 5.69 Å². The number of nitrogens with one attached hydrogen (secondary N) is 2. The summed E-state index contributed by atoms with van der Waals surface area (Å²) in [7, 11) is 0. The van der Waals surface area contributed by atoms with Crippen molar-refractivity contribution in [3.63, 3.8) is 0 Å². The molecule has 0 aliphatic rings. The van der Waals surface area contributed by atoms with Crippen LogP contribution in [-0.2, 0) is 0 Å². The molecule has 0 aromatic carbocycles. The third kappa shape index (κ3) is 4.89. The summed E-state index contributed by atoms with van der Waals surface area (Å²) in [6, 6.07) is 3.76. The highest BCUT2D eigenvalue weighted by Crippen LogP contribution is 2.19. The summed E-state index contributed by atoms with van der Waals surface area (Å²) in [4.78, 5) is 16.3. The number of rotatable bonds is 5. The minimum atomic E-state index is -0.123. The number of carbonyl (C=O) groups excluding carboxylic acids is 1. The van der Waals surface area contributed by atoms with E-state index >= 15 is 0 Å². The molecule has 19 heavy (non-hydrogen) atoms. The van der Waals surface area contributed by atoms with Crippen molar-refractivity contribution in [2.45, 2.75) is 47.1 Å². The van der Waals surface area contributed by atoms with Gasteiger partial charge in [-0.15, -0.1) is 0 Å². The third-order valence-electron chi connectivity index (χ3n) is 3.22. The Morgan fingerprint density at radius 2 is 2.11 bits per heavy atom. The van der Waals surface area contributed by atoms with Crippen LogP contribution in [0.2, 0.25) is 0 Å². The lowest BCUT2D eigenvalue weighted by atomic mass is 9.88. The molecule has 1 atom stereocenters. The van der Waals surface area contributed by atoms with Crippen molar-refractivity contribution in [3.8, 4) is 0 Å². The van der Waals surface area contributed by atoms with E-state index in [1.54, 1.807) is 12.3 Å². The molecule has 1 heterocycles. The van der Waals surface area contributed by atoms with Crippen molar-refractivity contribution in [2.24, 2.45) is 5.41 Å². The molecule has 1 aromatic heterocycles. The van der Waals surface area contributed by atoms with Crippen molar-refractivity contribution in [3.05, 3.63) is 24.0 Å². The highest BCUT2D eigenvalue weighted by molar-refractivity contribution is 5.93. The molecule has 0 saturated heterocycles. The normalized spacial score (nSPS) is 12.9. The highest BCUT2D eigenvalue weighted by atomic mass is 16.1. The van der Waals surface area contributed by atoms with E-state index < -0.39 is 0 Å². The summed E-state index contributed by atoms with van der Waals surface area (Å²) in [5.74, 6) is -0.123.